The van der Waals surface area contributed by atoms with Gasteiger partial charge in [-0.25, -0.2) is 5.48 Å². The van der Waals surface area contributed by atoms with E-state index in [0.29, 0.717) is 0 Å². The second-order valence-corrected chi connectivity index (χ2v) is 9.53. The summed E-state index contributed by atoms with van der Waals surface area (Å²) < 4.78 is 0. The normalized spacial score (nSPS) is 12.8. The Morgan fingerprint density at radius 1 is 1.40 bits per heavy atom. The Hall–Kier alpha value is -0.563. The summed E-state index contributed by atoms with van der Waals surface area (Å²) in [7, 11) is -1.22. The van der Waals surface area contributed by atoms with Gasteiger partial charge in [0.1, 0.15) is 8.07 Å². The van der Waals surface area contributed by atoms with Gasteiger partial charge in [0.2, 0.25) is 0 Å². The van der Waals surface area contributed by atoms with E-state index in [-0.39, 0.29) is 6.04 Å². The third kappa shape index (κ3) is 9.73. The van der Waals surface area contributed by atoms with E-state index in [0.717, 1.165) is 25.7 Å². The molecule has 0 aromatic carbocycles. The van der Waals surface area contributed by atoms with Gasteiger partial charge in [-0.05, 0) is 19.3 Å². The SMILES string of the molecule is C=CCCC(CCC#C[Si](C)(C)C)NO. The van der Waals surface area contributed by atoms with Crippen molar-refractivity contribution in [3.8, 4) is 11.5 Å². The lowest BCUT2D eigenvalue weighted by Gasteiger charge is -2.11. The molecule has 0 aliphatic heterocycles. The highest BCUT2D eigenvalue weighted by Crippen LogP contribution is 2.05. The third-order valence-corrected chi connectivity index (χ3v) is 2.91. The summed E-state index contributed by atoms with van der Waals surface area (Å²) in [6, 6.07) is 0.152. The van der Waals surface area contributed by atoms with Crippen molar-refractivity contribution < 1.29 is 5.21 Å². The monoisotopic (exact) mass is 225 g/mol. The summed E-state index contributed by atoms with van der Waals surface area (Å²) in [4.78, 5) is 0. The van der Waals surface area contributed by atoms with Crippen LogP contribution in [0.4, 0.5) is 0 Å². The molecule has 1 unspecified atom stereocenters. The molecule has 0 amide bonds. The van der Waals surface area contributed by atoms with E-state index in [9.17, 15) is 0 Å². The van der Waals surface area contributed by atoms with Crippen molar-refractivity contribution in [2.75, 3.05) is 0 Å². The fourth-order valence-corrected chi connectivity index (χ4v) is 1.82. The second-order valence-electron chi connectivity index (χ2n) is 4.78. The van der Waals surface area contributed by atoms with Crippen molar-refractivity contribution >= 4 is 8.07 Å². The summed E-state index contributed by atoms with van der Waals surface area (Å²) in [5.74, 6) is 3.20. The Morgan fingerprint density at radius 3 is 2.53 bits per heavy atom. The quantitative estimate of drug-likeness (QED) is 0.315. The van der Waals surface area contributed by atoms with Crippen LogP contribution in [0.1, 0.15) is 25.7 Å². The second kappa shape index (κ2) is 7.69. The summed E-state index contributed by atoms with van der Waals surface area (Å²) in [5.41, 5.74) is 5.65. The van der Waals surface area contributed by atoms with Crippen molar-refractivity contribution in [3.05, 3.63) is 12.7 Å². The molecule has 0 saturated carbocycles. The number of allylic oxidation sites excluding steroid dienone is 1. The molecule has 15 heavy (non-hydrogen) atoms. The zero-order chi connectivity index (χ0) is 11.7. The van der Waals surface area contributed by atoms with Gasteiger partial charge in [-0.2, -0.15) is 0 Å². The average Bonchev–Trinajstić information content (AvgIpc) is 2.15. The van der Waals surface area contributed by atoms with Gasteiger partial charge in [-0.3, -0.25) is 0 Å². The van der Waals surface area contributed by atoms with Crippen LogP contribution >= 0.6 is 0 Å². The van der Waals surface area contributed by atoms with Crippen LogP contribution < -0.4 is 5.48 Å². The molecule has 2 N–H and O–H groups in total. The minimum absolute atomic E-state index is 0.152. The van der Waals surface area contributed by atoms with E-state index in [1.54, 1.807) is 0 Å². The van der Waals surface area contributed by atoms with Crippen LogP contribution in [0.2, 0.25) is 19.6 Å². The predicted molar refractivity (Wildman–Crippen MR) is 68.5 cm³/mol. The van der Waals surface area contributed by atoms with E-state index in [1.807, 2.05) is 6.08 Å². The summed E-state index contributed by atoms with van der Waals surface area (Å²) in [5, 5.41) is 8.89. The molecular weight excluding hydrogens is 202 g/mol. The first kappa shape index (κ1) is 14.4. The number of hydroxylamine groups is 1. The van der Waals surface area contributed by atoms with Crippen LogP contribution in [0.5, 0.6) is 0 Å². The number of nitrogens with one attached hydrogen (secondary N) is 1. The Morgan fingerprint density at radius 2 is 2.07 bits per heavy atom. The first-order valence-corrected chi connectivity index (χ1v) is 9.00. The molecule has 2 nitrogen and oxygen atoms in total. The highest BCUT2D eigenvalue weighted by Gasteiger charge is 2.08. The average molecular weight is 225 g/mol. The van der Waals surface area contributed by atoms with E-state index < -0.39 is 8.07 Å². The van der Waals surface area contributed by atoms with Crippen molar-refractivity contribution in [1.82, 2.24) is 5.48 Å². The lowest BCUT2D eigenvalue weighted by Crippen LogP contribution is -2.25. The van der Waals surface area contributed by atoms with E-state index >= 15 is 0 Å². The molecule has 0 aromatic rings. The lowest BCUT2D eigenvalue weighted by atomic mass is 10.1. The molecule has 0 rings (SSSR count). The van der Waals surface area contributed by atoms with Crippen LogP contribution in [-0.2, 0) is 0 Å². The molecule has 1 atom stereocenters. The Balaban J connectivity index is 3.79. The molecule has 86 valence electrons. The predicted octanol–water partition coefficient (Wildman–Crippen LogP) is 2.96. The van der Waals surface area contributed by atoms with Crippen LogP contribution in [0, 0.1) is 11.5 Å². The first-order chi connectivity index (χ1) is 6.99. The van der Waals surface area contributed by atoms with Gasteiger partial charge >= 0.3 is 0 Å². The van der Waals surface area contributed by atoms with E-state index in [2.05, 4.69) is 43.2 Å². The summed E-state index contributed by atoms with van der Waals surface area (Å²) >= 11 is 0. The van der Waals surface area contributed by atoms with Crippen LogP contribution in [-0.4, -0.2) is 19.3 Å². The number of hydrogen-bond donors (Lipinski definition) is 2. The van der Waals surface area contributed by atoms with Crippen molar-refractivity contribution in [1.29, 1.82) is 0 Å². The molecule has 0 aliphatic rings. The topological polar surface area (TPSA) is 32.3 Å². The van der Waals surface area contributed by atoms with Crippen LogP contribution in [0.3, 0.4) is 0 Å². The summed E-state index contributed by atoms with van der Waals surface area (Å²) in [6.07, 6.45) is 5.49. The number of rotatable bonds is 6. The molecule has 3 heteroatoms. The molecule has 0 aliphatic carbocycles. The maximum Gasteiger partial charge on any atom is 0.129 e. The highest BCUT2D eigenvalue weighted by molar-refractivity contribution is 6.83. The van der Waals surface area contributed by atoms with E-state index in [4.69, 9.17) is 5.21 Å². The van der Waals surface area contributed by atoms with Gasteiger partial charge in [-0.1, -0.05) is 25.7 Å². The van der Waals surface area contributed by atoms with E-state index in [1.165, 1.54) is 0 Å². The molecule has 0 bridgehead atoms. The largest absolute Gasteiger partial charge is 0.317 e. The minimum Gasteiger partial charge on any atom is -0.317 e. The van der Waals surface area contributed by atoms with Crippen molar-refractivity contribution in [3.63, 3.8) is 0 Å². The van der Waals surface area contributed by atoms with Gasteiger partial charge < -0.3 is 5.21 Å². The van der Waals surface area contributed by atoms with Gasteiger partial charge in [0.15, 0.2) is 0 Å². The van der Waals surface area contributed by atoms with Crippen molar-refractivity contribution in [2.45, 2.75) is 51.4 Å². The zero-order valence-electron chi connectivity index (χ0n) is 10.1. The number of hydrogen-bond acceptors (Lipinski definition) is 2. The first-order valence-electron chi connectivity index (χ1n) is 5.50. The Kier molecular flexibility index (Phi) is 7.40. The summed E-state index contributed by atoms with van der Waals surface area (Å²) in [6.45, 7) is 10.4. The molecule has 0 fully saturated rings. The highest BCUT2D eigenvalue weighted by atomic mass is 28.3. The molecule has 0 radical (unpaired) electrons. The molecule has 0 aromatic heterocycles. The fraction of sp³-hybridized carbons (Fsp3) is 0.667. The van der Waals surface area contributed by atoms with Crippen molar-refractivity contribution in [2.24, 2.45) is 0 Å². The van der Waals surface area contributed by atoms with Crippen LogP contribution in [0.25, 0.3) is 0 Å². The lowest BCUT2D eigenvalue weighted by molar-refractivity contribution is 0.118. The van der Waals surface area contributed by atoms with Crippen LogP contribution in [0.15, 0.2) is 12.7 Å². The molecular formula is C12H23NOSi. The standard InChI is InChI=1S/C12H23NOSi/c1-5-6-9-12(13-14)10-7-8-11-15(2,3)4/h5,12-14H,1,6-7,9-10H2,2-4H3. The third-order valence-electron chi connectivity index (χ3n) is 1.98. The van der Waals surface area contributed by atoms with Gasteiger partial charge in [0.25, 0.3) is 0 Å². The van der Waals surface area contributed by atoms with Gasteiger partial charge in [0, 0.05) is 12.5 Å². The fourth-order valence-electron chi connectivity index (χ4n) is 1.17. The van der Waals surface area contributed by atoms with Gasteiger partial charge in [-0.15, -0.1) is 18.0 Å². The van der Waals surface area contributed by atoms with Gasteiger partial charge in [0.05, 0.1) is 0 Å². The smallest absolute Gasteiger partial charge is 0.129 e. The molecule has 0 heterocycles. The maximum absolute atomic E-state index is 8.89. The molecule has 0 saturated heterocycles. The minimum atomic E-state index is -1.22. The maximum atomic E-state index is 8.89. The Labute approximate surface area is 94.7 Å². The zero-order valence-corrected chi connectivity index (χ0v) is 11.1. The molecule has 0 spiro atoms. The Bertz CT molecular complexity index is 234.